The first-order valence-electron chi connectivity index (χ1n) is 27.8. The Morgan fingerprint density at radius 1 is 0.671 bits per heavy atom. The second-order valence-electron chi connectivity index (χ2n) is 22.9. The van der Waals surface area contributed by atoms with Gasteiger partial charge in [-0.15, -0.1) is 0 Å². The molecule has 2 aromatic rings. The van der Waals surface area contributed by atoms with Gasteiger partial charge in [0.1, 0.15) is 72.2 Å². The molecular formula is C56H80O26. The van der Waals surface area contributed by atoms with Crippen molar-refractivity contribution in [3.8, 4) is 17.2 Å². The smallest absolute Gasteiger partial charge is 0.302 e. The highest BCUT2D eigenvalue weighted by Crippen LogP contribution is 2.48. The second kappa shape index (κ2) is 25.7. The number of phenolic OH excluding ortho intramolecular Hbond substituents is 2. The van der Waals surface area contributed by atoms with Gasteiger partial charge in [-0.25, -0.2) is 0 Å². The van der Waals surface area contributed by atoms with Gasteiger partial charge >= 0.3 is 11.9 Å². The van der Waals surface area contributed by atoms with E-state index >= 15 is 4.79 Å². The fourth-order valence-corrected chi connectivity index (χ4v) is 12.0. The molecule has 460 valence electrons. The lowest BCUT2D eigenvalue weighted by Crippen LogP contribution is -2.58. The highest BCUT2D eigenvalue weighted by atomic mass is 16.7. The Kier molecular flexibility index (Phi) is 20.0. The normalized spacial score (nSPS) is 40.1. The lowest BCUT2D eigenvalue weighted by atomic mass is 9.75. The molecule has 26 nitrogen and oxygen atoms in total. The van der Waals surface area contributed by atoms with Crippen molar-refractivity contribution in [3.63, 3.8) is 0 Å². The van der Waals surface area contributed by atoms with E-state index in [-0.39, 0.29) is 71.7 Å². The molecule has 2 aromatic carbocycles. The minimum atomic E-state index is -1.95. The van der Waals surface area contributed by atoms with Crippen molar-refractivity contribution in [3.05, 3.63) is 28.8 Å². The maximum absolute atomic E-state index is 15.2. The number of aliphatic hydroxyl groups excluding tert-OH is 6. The number of carbonyl (C=O) groups excluding carboxylic acids is 4. The molecule has 1 unspecified atom stereocenters. The van der Waals surface area contributed by atoms with Crippen LogP contribution < -0.4 is 4.74 Å². The number of esters is 2. The molecule has 0 aromatic heterocycles. The Morgan fingerprint density at radius 3 is 1.66 bits per heavy atom. The van der Waals surface area contributed by atoms with E-state index in [1.807, 2.05) is 0 Å². The number of hydrogen-bond donors (Lipinski definition) is 9. The minimum absolute atomic E-state index is 0.0315. The van der Waals surface area contributed by atoms with E-state index in [0.29, 0.717) is 0 Å². The minimum Gasteiger partial charge on any atom is -0.507 e. The third-order valence-corrected chi connectivity index (χ3v) is 16.5. The van der Waals surface area contributed by atoms with Gasteiger partial charge in [0.05, 0.1) is 65.4 Å². The monoisotopic (exact) mass is 1170 g/mol. The largest absolute Gasteiger partial charge is 0.507 e. The van der Waals surface area contributed by atoms with Crippen LogP contribution in [0.1, 0.15) is 116 Å². The number of ether oxygens (including phenoxy) is 13. The molecule has 25 atom stereocenters. The first-order chi connectivity index (χ1) is 38.5. The molecule has 9 N–H and O–H groups in total. The number of fused-ring (bicyclic) bond motifs is 2. The summed E-state index contributed by atoms with van der Waals surface area (Å²) < 4.78 is 77.5. The molecule has 5 aliphatic heterocycles. The molecule has 0 amide bonds. The first kappa shape index (κ1) is 63.7. The second-order valence-corrected chi connectivity index (χ2v) is 22.9. The van der Waals surface area contributed by atoms with Gasteiger partial charge in [-0.1, -0.05) is 0 Å². The molecule has 82 heavy (non-hydrogen) atoms. The van der Waals surface area contributed by atoms with Crippen molar-refractivity contribution in [1.82, 2.24) is 0 Å². The molecule has 5 fully saturated rings. The van der Waals surface area contributed by atoms with E-state index in [9.17, 15) is 60.3 Å². The zero-order valence-corrected chi connectivity index (χ0v) is 47.7. The van der Waals surface area contributed by atoms with Crippen LogP contribution in [0, 0.1) is 12.8 Å². The number of benzene rings is 2. The molecule has 1 aliphatic carbocycles. The number of rotatable bonds is 17. The maximum Gasteiger partial charge on any atom is 0.302 e. The summed E-state index contributed by atoms with van der Waals surface area (Å²) in [5, 5.41) is 101. The number of methoxy groups -OCH3 is 1. The van der Waals surface area contributed by atoms with Crippen LogP contribution in [0.2, 0.25) is 0 Å². The van der Waals surface area contributed by atoms with Crippen molar-refractivity contribution in [2.75, 3.05) is 7.11 Å². The van der Waals surface area contributed by atoms with Crippen molar-refractivity contribution in [1.29, 1.82) is 0 Å². The molecule has 0 spiro atoms. The maximum atomic E-state index is 15.2. The third kappa shape index (κ3) is 13.5. The van der Waals surface area contributed by atoms with Crippen LogP contribution in [0.5, 0.6) is 17.2 Å². The summed E-state index contributed by atoms with van der Waals surface area (Å²) in [7, 11) is 1.17. The topological polar surface area (TPSA) is 370 Å². The van der Waals surface area contributed by atoms with E-state index < -0.39 is 188 Å². The van der Waals surface area contributed by atoms with Gasteiger partial charge < -0.3 is 108 Å². The Hall–Kier alpha value is -4.30. The van der Waals surface area contributed by atoms with E-state index in [0.717, 1.165) is 6.92 Å². The lowest BCUT2D eigenvalue weighted by Gasteiger charge is -2.46. The summed E-state index contributed by atoms with van der Waals surface area (Å²) in [6.45, 7) is 14.4. The average molecular weight is 1170 g/mol. The average Bonchev–Trinajstić information content (AvgIpc) is 1.89. The van der Waals surface area contributed by atoms with Gasteiger partial charge in [0.25, 0.3) is 0 Å². The van der Waals surface area contributed by atoms with E-state index in [1.54, 1.807) is 27.7 Å². The number of ketones is 2. The molecule has 5 heterocycles. The van der Waals surface area contributed by atoms with E-state index in [4.69, 9.17) is 61.6 Å². The van der Waals surface area contributed by atoms with Gasteiger partial charge in [0, 0.05) is 64.5 Å². The molecule has 0 saturated carbocycles. The molecule has 5 saturated heterocycles. The molecule has 0 radical (unpaired) electrons. The van der Waals surface area contributed by atoms with E-state index in [2.05, 4.69) is 0 Å². The Balaban J connectivity index is 1.06. The van der Waals surface area contributed by atoms with Crippen LogP contribution in [0.4, 0.5) is 0 Å². The summed E-state index contributed by atoms with van der Waals surface area (Å²) in [5.41, 5.74) is -1.56. The quantitative estimate of drug-likeness (QED) is 0.0993. The fourth-order valence-electron chi connectivity index (χ4n) is 12.0. The SMILES string of the molecule is CO[C@H](C(=O)[C@@H](O)[C@@H](C)OC(C)=O)C1Cc2cc3cc(O[C@H]4C[C@@H](O[C@H]5C[C@@H](OC(C)=O)[C@H](O)[C@@H](C)O5)[C@H](O)[C@@H](C)O4)c(C)c(O)c3c(O)c2C(=O)[C@H]1O[C@H]1C[C@@H](O[C@H]2C[C@@H](O[C@H]3C[C@](C)(O)[C@H](O)[C@@H](C)O3)[C@@H](O)[C@@H](C)O2)[C@H](O)[C@@H](C)O1. The number of carbonyl (C=O) groups is 4. The number of Topliss-reactive ketones (excluding diaryl/α,β-unsaturated/α-hetero) is 2. The Labute approximate surface area is 473 Å². The van der Waals surface area contributed by atoms with Gasteiger partial charge in [0.2, 0.25) is 6.29 Å². The highest BCUT2D eigenvalue weighted by molar-refractivity contribution is 6.11. The predicted octanol–water partition coefficient (Wildman–Crippen LogP) is 0.892. The zero-order chi connectivity index (χ0) is 60.1. The molecule has 0 bridgehead atoms. The first-order valence-corrected chi connectivity index (χ1v) is 27.8. The third-order valence-electron chi connectivity index (χ3n) is 16.5. The Morgan fingerprint density at radius 2 is 1.15 bits per heavy atom. The van der Waals surface area contributed by atoms with Crippen molar-refractivity contribution in [2.45, 2.75) is 255 Å². The van der Waals surface area contributed by atoms with Gasteiger partial charge in [0.15, 0.2) is 42.8 Å². The van der Waals surface area contributed by atoms with Crippen LogP contribution in [0.3, 0.4) is 0 Å². The molecular weight excluding hydrogens is 1090 g/mol. The number of aromatic hydroxyl groups is 2. The highest BCUT2D eigenvalue weighted by Gasteiger charge is 2.52. The van der Waals surface area contributed by atoms with Crippen LogP contribution in [0.15, 0.2) is 12.1 Å². The standard InChI is InChI=1S/C56H80O26/c1-20-32(78-37-16-34(46(61)22(3)72-37)79-38-15-33(77-28(9)58)45(60)21(2)73-38)14-30-12-29-13-31(53(70-11)52(67)49(64)25(6)71-27(8)57)54(51(66)43(29)50(65)42(30)44(20)59)82-40-18-35(47(62)24(5)75-40)80-39-17-36(48(63)23(4)74-39)81-41-19-56(10,69)55(68)26(7)76-41/h12,14,21-26,31,33-41,45-49,53-55,59-65,68-69H,13,15-19H2,1-11H3/t21-,22-,23-,24-,25-,26-,31?,33-,34-,35-,36-,37+,38+,39+,40+,41+,45-,46-,47-,48+,49+,53+,54+,55-,56+/m1/s1. The summed E-state index contributed by atoms with van der Waals surface area (Å²) in [4.78, 5) is 53.2. The summed E-state index contributed by atoms with van der Waals surface area (Å²) in [6.07, 6.45) is -27.3. The fraction of sp³-hybridized carbons (Fsp3) is 0.750. The van der Waals surface area contributed by atoms with Gasteiger partial charge in [-0.2, -0.15) is 0 Å². The number of aliphatic hydroxyl groups is 7. The van der Waals surface area contributed by atoms with Crippen molar-refractivity contribution < 1.29 is 127 Å². The van der Waals surface area contributed by atoms with Gasteiger partial charge in [-0.3, -0.25) is 19.2 Å². The van der Waals surface area contributed by atoms with Crippen LogP contribution >= 0.6 is 0 Å². The van der Waals surface area contributed by atoms with Crippen molar-refractivity contribution in [2.24, 2.45) is 5.92 Å². The van der Waals surface area contributed by atoms with Gasteiger partial charge in [-0.05, 0) is 84.9 Å². The molecule has 8 rings (SSSR count). The van der Waals surface area contributed by atoms with Crippen LogP contribution in [0.25, 0.3) is 10.8 Å². The summed E-state index contributed by atoms with van der Waals surface area (Å²) in [5.74, 6) is -5.61. The summed E-state index contributed by atoms with van der Waals surface area (Å²) in [6, 6.07) is 3.00. The summed E-state index contributed by atoms with van der Waals surface area (Å²) >= 11 is 0. The Bertz CT molecular complexity index is 2610. The molecule has 6 aliphatic rings. The predicted molar refractivity (Wildman–Crippen MR) is 278 cm³/mol. The van der Waals surface area contributed by atoms with Crippen LogP contribution in [-0.4, -0.2) is 223 Å². The number of hydrogen-bond acceptors (Lipinski definition) is 26. The van der Waals surface area contributed by atoms with Crippen molar-refractivity contribution >= 4 is 34.3 Å². The zero-order valence-electron chi connectivity index (χ0n) is 47.7. The lowest BCUT2D eigenvalue weighted by molar-refractivity contribution is -0.334. The molecule has 26 heteroatoms. The van der Waals surface area contributed by atoms with E-state index in [1.165, 1.54) is 53.9 Å². The number of phenols is 2. The van der Waals surface area contributed by atoms with Crippen LogP contribution in [-0.2, 0) is 77.6 Å².